The van der Waals surface area contributed by atoms with Crippen molar-refractivity contribution in [2.24, 2.45) is 22.7 Å². The fourth-order valence-electron chi connectivity index (χ4n) is 7.74. The third kappa shape index (κ3) is 4.94. The minimum Gasteiger partial charge on any atom is -0.299 e. The van der Waals surface area contributed by atoms with E-state index >= 15 is 0 Å². The molecule has 5 rings (SSSR count). The van der Waals surface area contributed by atoms with Crippen LogP contribution in [0, 0.1) is 22.7 Å². The number of aryl methyl sites for hydroxylation is 1. The molecule has 0 heterocycles. The third-order valence-corrected chi connectivity index (χ3v) is 9.44. The maximum absolute atomic E-state index is 12.7. The van der Waals surface area contributed by atoms with Gasteiger partial charge in [-0.15, -0.1) is 5.73 Å². The van der Waals surface area contributed by atoms with Crippen LogP contribution in [0.5, 0.6) is 0 Å². The van der Waals surface area contributed by atoms with Gasteiger partial charge in [0.15, 0.2) is 5.78 Å². The number of carbonyl (C=O) groups excluding carboxylic acids is 2. The number of allylic oxidation sites excluding steroid dienone is 1. The summed E-state index contributed by atoms with van der Waals surface area (Å²) < 4.78 is 0. The molecule has 0 spiro atoms. The molecule has 2 saturated carbocycles. The lowest BCUT2D eigenvalue weighted by Gasteiger charge is -2.48. The van der Waals surface area contributed by atoms with Crippen molar-refractivity contribution in [3.8, 4) is 0 Å². The van der Waals surface area contributed by atoms with E-state index in [-0.39, 0.29) is 16.6 Å². The Morgan fingerprint density at radius 3 is 2.30 bits per heavy atom. The molecule has 2 fully saturated rings. The lowest BCUT2D eigenvalue weighted by molar-refractivity contribution is -0.129. The third-order valence-electron chi connectivity index (χ3n) is 9.44. The number of carbonyl (C=O) groups is 2. The van der Waals surface area contributed by atoms with Gasteiger partial charge in [0.1, 0.15) is 5.78 Å². The van der Waals surface area contributed by atoms with E-state index in [4.69, 9.17) is 0 Å². The normalized spacial score (nSPS) is 26.5. The van der Waals surface area contributed by atoms with Crippen LogP contribution in [0.3, 0.4) is 0 Å². The van der Waals surface area contributed by atoms with Crippen LogP contribution in [0.4, 0.5) is 0 Å². The van der Waals surface area contributed by atoms with E-state index in [2.05, 4.69) is 70.7 Å². The number of rotatable bonds is 4. The molecule has 0 unspecified atom stereocenters. The Kier molecular flexibility index (Phi) is 6.70. The Bertz CT molecular complexity index is 1300. The first-order valence-electron chi connectivity index (χ1n) is 14.2. The summed E-state index contributed by atoms with van der Waals surface area (Å²) >= 11 is 0. The summed E-state index contributed by atoms with van der Waals surface area (Å²) in [4.78, 5) is 24.6. The van der Waals surface area contributed by atoms with Gasteiger partial charge in [-0.2, -0.15) is 0 Å². The summed E-state index contributed by atoms with van der Waals surface area (Å²) in [5.74, 6) is 2.39. The van der Waals surface area contributed by atoms with Gasteiger partial charge in [0.25, 0.3) is 0 Å². The van der Waals surface area contributed by atoms with E-state index < -0.39 is 0 Å². The molecule has 0 radical (unpaired) electrons. The van der Waals surface area contributed by atoms with Crippen LogP contribution in [-0.2, 0) is 11.2 Å². The molecule has 3 aliphatic carbocycles. The van der Waals surface area contributed by atoms with Crippen molar-refractivity contribution < 1.29 is 9.59 Å². The summed E-state index contributed by atoms with van der Waals surface area (Å²) in [5.41, 5.74) is 12.3. The molecule has 194 valence electrons. The fourth-order valence-corrected chi connectivity index (χ4v) is 7.74. The van der Waals surface area contributed by atoms with Crippen LogP contribution < -0.4 is 0 Å². The van der Waals surface area contributed by atoms with E-state index in [0.717, 1.165) is 55.2 Å². The summed E-state index contributed by atoms with van der Waals surface area (Å²) in [5, 5.41) is 0. The largest absolute Gasteiger partial charge is 0.299 e. The second-order valence-electron chi connectivity index (χ2n) is 13.4. The summed E-state index contributed by atoms with van der Waals surface area (Å²) in [6, 6.07) is 15.1. The van der Waals surface area contributed by atoms with Crippen molar-refractivity contribution in [2.75, 3.05) is 0 Å². The molecule has 0 saturated heterocycles. The molecule has 0 aliphatic heterocycles. The van der Waals surface area contributed by atoms with Gasteiger partial charge in [0.05, 0.1) is 0 Å². The molecule has 2 nitrogen and oxygen atoms in total. The first-order valence-corrected chi connectivity index (χ1v) is 14.2. The highest BCUT2D eigenvalue weighted by molar-refractivity contribution is 5.94. The van der Waals surface area contributed by atoms with Gasteiger partial charge in [-0.25, -0.2) is 0 Å². The number of hydrogen-bond donors (Lipinski definition) is 0. The smallest absolute Gasteiger partial charge is 0.159 e. The quantitative estimate of drug-likeness (QED) is 0.314. The van der Waals surface area contributed by atoms with Crippen molar-refractivity contribution in [3.05, 3.63) is 81.6 Å². The minimum atomic E-state index is -0.0735. The Labute approximate surface area is 223 Å². The van der Waals surface area contributed by atoms with E-state index in [1.165, 1.54) is 28.7 Å². The summed E-state index contributed by atoms with van der Waals surface area (Å²) in [6.07, 6.45) is 7.32. The van der Waals surface area contributed by atoms with Crippen LogP contribution >= 0.6 is 0 Å². The minimum absolute atomic E-state index is 0.0735. The average Bonchev–Trinajstić information content (AvgIpc) is 3.15. The zero-order valence-corrected chi connectivity index (χ0v) is 23.5. The molecule has 0 amide bonds. The van der Waals surface area contributed by atoms with E-state index in [9.17, 15) is 9.59 Å². The monoisotopic (exact) mass is 494 g/mol. The molecule has 0 aromatic heterocycles. The molecular weight excluding hydrogens is 452 g/mol. The van der Waals surface area contributed by atoms with Crippen molar-refractivity contribution in [3.63, 3.8) is 0 Å². The van der Waals surface area contributed by atoms with Crippen molar-refractivity contribution in [2.45, 2.75) is 92.4 Å². The van der Waals surface area contributed by atoms with Gasteiger partial charge in [-0.1, -0.05) is 70.2 Å². The molecule has 0 N–H and O–H groups in total. The second kappa shape index (κ2) is 9.55. The zero-order chi connectivity index (χ0) is 26.5. The van der Waals surface area contributed by atoms with Crippen molar-refractivity contribution in [1.29, 1.82) is 0 Å². The van der Waals surface area contributed by atoms with Gasteiger partial charge >= 0.3 is 0 Å². The average molecular weight is 495 g/mol. The highest BCUT2D eigenvalue weighted by Gasteiger charge is 2.54. The summed E-state index contributed by atoms with van der Waals surface area (Å²) in [7, 11) is 0. The molecule has 2 aromatic carbocycles. The lowest BCUT2D eigenvalue weighted by atomic mass is 9.55. The maximum atomic E-state index is 12.7. The molecular formula is C35H42O2. The highest BCUT2D eigenvalue weighted by atomic mass is 16.1. The van der Waals surface area contributed by atoms with Crippen molar-refractivity contribution >= 4 is 17.1 Å². The SMILES string of the molecule is CC(=O)c1ccc(C(=C=C(C)CC(C)(C)C)c2ccc3c(c2)CC[C@@H]2[C@@H]3CC[C@]3(C)C(=O)CC[C@@H]23)cc1. The van der Waals surface area contributed by atoms with E-state index in [0.29, 0.717) is 23.5 Å². The first-order chi connectivity index (χ1) is 17.5. The number of hydrogen-bond acceptors (Lipinski definition) is 2. The van der Waals surface area contributed by atoms with Crippen LogP contribution in [0.15, 0.2) is 53.8 Å². The number of benzene rings is 2. The Morgan fingerprint density at radius 1 is 0.946 bits per heavy atom. The molecule has 0 bridgehead atoms. The predicted molar refractivity (Wildman–Crippen MR) is 152 cm³/mol. The Balaban J connectivity index is 1.53. The van der Waals surface area contributed by atoms with E-state index in [1.54, 1.807) is 6.92 Å². The van der Waals surface area contributed by atoms with Gasteiger partial charge in [-0.05, 0) is 103 Å². The molecule has 3 aliphatic rings. The van der Waals surface area contributed by atoms with Crippen LogP contribution in [-0.4, -0.2) is 11.6 Å². The number of fused-ring (bicyclic) bond motifs is 5. The highest BCUT2D eigenvalue weighted by Crippen LogP contribution is 2.59. The van der Waals surface area contributed by atoms with Gasteiger partial charge < -0.3 is 0 Å². The molecule has 37 heavy (non-hydrogen) atoms. The number of Topliss-reactive ketones (excluding diaryl/α,β-unsaturated/α-hetero) is 2. The Hall–Kier alpha value is -2.70. The van der Waals surface area contributed by atoms with E-state index in [1.807, 2.05) is 12.1 Å². The molecule has 4 atom stereocenters. The number of ketones is 2. The topological polar surface area (TPSA) is 34.1 Å². The first kappa shape index (κ1) is 25.9. The van der Waals surface area contributed by atoms with Gasteiger partial charge in [0.2, 0.25) is 0 Å². The van der Waals surface area contributed by atoms with Gasteiger partial charge in [-0.3, -0.25) is 9.59 Å². The predicted octanol–water partition coefficient (Wildman–Crippen LogP) is 8.73. The standard InChI is InChI=1S/C35H42O2/c1-22(21-34(3,4)5)19-31(25-9-7-24(8-10-25)23(2)36)27-11-13-28-26(20-27)12-14-30-29(28)17-18-35(6)32(30)15-16-33(35)37/h7-11,13,20,29-30,32H,12,14-18,21H2,1-6H3/t19?,29-,30-,32+,35+/m1/s1. The van der Waals surface area contributed by atoms with Crippen LogP contribution in [0.25, 0.3) is 5.57 Å². The van der Waals surface area contributed by atoms with Crippen LogP contribution in [0.2, 0.25) is 0 Å². The van der Waals surface area contributed by atoms with Gasteiger partial charge in [0, 0.05) is 23.0 Å². The molecule has 2 heteroatoms. The molecule has 2 aromatic rings. The summed E-state index contributed by atoms with van der Waals surface area (Å²) in [6.45, 7) is 12.8. The zero-order valence-electron chi connectivity index (χ0n) is 23.5. The van der Waals surface area contributed by atoms with Crippen LogP contribution in [0.1, 0.15) is 119 Å². The Morgan fingerprint density at radius 2 is 1.62 bits per heavy atom. The fraction of sp³-hybridized carbons (Fsp3) is 0.514. The second-order valence-corrected chi connectivity index (χ2v) is 13.4. The lowest BCUT2D eigenvalue weighted by Crippen LogP contribution is -2.42. The van der Waals surface area contributed by atoms with Crippen molar-refractivity contribution in [1.82, 2.24) is 0 Å². The maximum Gasteiger partial charge on any atom is 0.159 e.